The van der Waals surface area contributed by atoms with Gasteiger partial charge in [0.2, 0.25) is 0 Å². The van der Waals surface area contributed by atoms with Gasteiger partial charge in [-0.05, 0) is 36.5 Å². The fourth-order valence-electron chi connectivity index (χ4n) is 2.18. The van der Waals surface area contributed by atoms with Gasteiger partial charge in [0, 0.05) is 0 Å². The van der Waals surface area contributed by atoms with Crippen molar-refractivity contribution in [2.24, 2.45) is 5.73 Å². The lowest BCUT2D eigenvalue weighted by Crippen LogP contribution is -2.30. The van der Waals surface area contributed by atoms with E-state index in [1.54, 1.807) is 0 Å². The van der Waals surface area contributed by atoms with Gasteiger partial charge in [0.05, 0.1) is 0 Å². The maximum Gasteiger partial charge on any atom is 0.320 e. The molecule has 0 radical (unpaired) electrons. The molecule has 0 aromatic heterocycles. The van der Waals surface area contributed by atoms with Gasteiger partial charge in [0.1, 0.15) is 6.04 Å². The van der Waals surface area contributed by atoms with Crippen LogP contribution < -0.4 is 5.73 Å². The summed E-state index contributed by atoms with van der Waals surface area (Å²) in [7, 11) is 0. The number of nitrogens with two attached hydrogens (primary N) is 1. The molecular weight excluding hydrogens is 202 g/mol. The van der Waals surface area contributed by atoms with E-state index in [1.165, 1.54) is 11.1 Å². The lowest BCUT2D eigenvalue weighted by atomic mass is 9.99. The molecule has 0 unspecified atom stereocenters. The average molecular weight is 217 g/mol. The van der Waals surface area contributed by atoms with Crippen molar-refractivity contribution in [2.75, 3.05) is 0 Å². The number of carbonyl (C=O) groups is 1. The summed E-state index contributed by atoms with van der Waals surface area (Å²) < 4.78 is 0. The number of carboxylic acid groups (broad SMARTS) is 1. The van der Waals surface area contributed by atoms with Crippen LogP contribution in [0.25, 0.3) is 5.57 Å². The summed E-state index contributed by atoms with van der Waals surface area (Å²) in [6.07, 6.45) is 1.33. The summed E-state index contributed by atoms with van der Waals surface area (Å²) in [6, 6.07) is 7.29. The van der Waals surface area contributed by atoms with Crippen LogP contribution in [-0.4, -0.2) is 17.1 Å². The molecule has 3 heteroatoms. The first-order chi connectivity index (χ1) is 7.59. The van der Waals surface area contributed by atoms with Crippen LogP contribution in [0.4, 0.5) is 0 Å². The van der Waals surface area contributed by atoms with Gasteiger partial charge in [-0.15, -0.1) is 0 Å². The van der Waals surface area contributed by atoms with E-state index < -0.39 is 12.0 Å². The third kappa shape index (κ3) is 1.86. The molecule has 0 saturated heterocycles. The zero-order chi connectivity index (χ0) is 11.7. The van der Waals surface area contributed by atoms with Crippen molar-refractivity contribution in [2.45, 2.75) is 25.8 Å². The van der Waals surface area contributed by atoms with Crippen LogP contribution in [0.5, 0.6) is 0 Å². The SMILES string of the molecule is CC1=C(C[C@H](N)C(=O)O)c2ccccc2C1. The second-order valence-electron chi connectivity index (χ2n) is 4.24. The smallest absolute Gasteiger partial charge is 0.320 e. The third-order valence-electron chi connectivity index (χ3n) is 3.05. The number of carboxylic acids is 1. The highest BCUT2D eigenvalue weighted by Gasteiger charge is 2.22. The summed E-state index contributed by atoms with van der Waals surface area (Å²) in [4.78, 5) is 10.8. The zero-order valence-corrected chi connectivity index (χ0v) is 9.23. The van der Waals surface area contributed by atoms with E-state index in [0.29, 0.717) is 6.42 Å². The summed E-state index contributed by atoms with van der Waals surface area (Å²) >= 11 is 0. The number of rotatable bonds is 3. The number of benzene rings is 1. The van der Waals surface area contributed by atoms with Crippen LogP contribution in [0.2, 0.25) is 0 Å². The van der Waals surface area contributed by atoms with Crippen LogP contribution in [-0.2, 0) is 11.2 Å². The Balaban J connectivity index is 2.28. The van der Waals surface area contributed by atoms with Gasteiger partial charge in [-0.25, -0.2) is 0 Å². The van der Waals surface area contributed by atoms with E-state index in [0.717, 1.165) is 17.6 Å². The minimum absolute atomic E-state index is 0.415. The molecule has 16 heavy (non-hydrogen) atoms. The lowest BCUT2D eigenvalue weighted by Gasteiger charge is -2.10. The zero-order valence-electron chi connectivity index (χ0n) is 9.23. The molecule has 1 aliphatic carbocycles. The quantitative estimate of drug-likeness (QED) is 0.811. The van der Waals surface area contributed by atoms with Gasteiger partial charge in [-0.3, -0.25) is 4.79 Å². The fraction of sp³-hybridized carbons (Fsp3) is 0.308. The number of aliphatic carboxylic acids is 1. The van der Waals surface area contributed by atoms with Crippen LogP contribution in [0, 0.1) is 0 Å². The molecule has 1 atom stereocenters. The standard InChI is InChI=1S/C13H15NO2/c1-8-6-9-4-2-3-5-10(9)11(8)7-12(14)13(15)16/h2-5,12H,6-7,14H2,1H3,(H,15,16)/t12-/m0/s1. The van der Waals surface area contributed by atoms with Crippen molar-refractivity contribution in [3.63, 3.8) is 0 Å². The Morgan fingerprint density at radius 3 is 2.88 bits per heavy atom. The molecule has 1 aliphatic rings. The second kappa shape index (κ2) is 4.10. The molecule has 0 bridgehead atoms. The molecular formula is C13H15NO2. The fourth-order valence-corrected chi connectivity index (χ4v) is 2.18. The van der Waals surface area contributed by atoms with Gasteiger partial charge < -0.3 is 10.8 Å². The molecule has 0 spiro atoms. The highest BCUT2D eigenvalue weighted by Crippen LogP contribution is 2.34. The molecule has 1 aromatic carbocycles. The number of allylic oxidation sites excluding steroid dienone is 1. The molecule has 3 N–H and O–H groups in total. The lowest BCUT2D eigenvalue weighted by molar-refractivity contribution is -0.138. The predicted octanol–water partition coefficient (Wildman–Crippen LogP) is 1.82. The van der Waals surface area contributed by atoms with Gasteiger partial charge in [0.15, 0.2) is 0 Å². The molecule has 0 heterocycles. The Hall–Kier alpha value is -1.61. The maximum absolute atomic E-state index is 10.8. The first kappa shape index (κ1) is 10.9. The van der Waals surface area contributed by atoms with Crippen molar-refractivity contribution in [3.05, 3.63) is 41.0 Å². The monoisotopic (exact) mass is 217 g/mol. The Bertz CT molecular complexity index is 463. The van der Waals surface area contributed by atoms with Crippen LogP contribution in [0.15, 0.2) is 29.8 Å². The van der Waals surface area contributed by atoms with E-state index in [1.807, 2.05) is 25.1 Å². The van der Waals surface area contributed by atoms with E-state index in [9.17, 15) is 4.79 Å². The molecule has 84 valence electrons. The van der Waals surface area contributed by atoms with Crippen LogP contribution >= 0.6 is 0 Å². The van der Waals surface area contributed by atoms with Crippen LogP contribution in [0.1, 0.15) is 24.5 Å². The normalized spacial score (nSPS) is 16.1. The molecule has 1 aromatic rings. The van der Waals surface area contributed by atoms with E-state index in [2.05, 4.69) is 6.07 Å². The highest BCUT2D eigenvalue weighted by atomic mass is 16.4. The largest absolute Gasteiger partial charge is 0.480 e. The maximum atomic E-state index is 10.8. The predicted molar refractivity (Wildman–Crippen MR) is 63.0 cm³/mol. The van der Waals surface area contributed by atoms with Crippen molar-refractivity contribution in [1.29, 1.82) is 0 Å². The van der Waals surface area contributed by atoms with Crippen LogP contribution in [0.3, 0.4) is 0 Å². The van der Waals surface area contributed by atoms with E-state index >= 15 is 0 Å². The topological polar surface area (TPSA) is 63.3 Å². The molecule has 0 aliphatic heterocycles. The van der Waals surface area contributed by atoms with Gasteiger partial charge >= 0.3 is 5.97 Å². The van der Waals surface area contributed by atoms with E-state index in [4.69, 9.17) is 10.8 Å². The Morgan fingerprint density at radius 2 is 2.19 bits per heavy atom. The minimum Gasteiger partial charge on any atom is -0.480 e. The summed E-state index contributed by atoms with van der Waals surface area (Å²) in [6.45, 7) is 2.05. The van der Waals surface area contributed by atoms with Crippen molar-refractivity contribution >= 4 is 11.5 Å². The minimum atomic E-state index is -0.940. The van der Waals surface area contributed by atoms with Gasteiger partial charge in [-0.2, -0.15) is 0 Å². The first-order valence-electron chi connectivity index (χ1n) is 5.35. The molecule has 0 amide bonds. The Labute approximate surface area is 94.6 Å². The molecule has 3 nitrogen and oxygen atoms in total. The average Bonchev–Trinajstić information content (AvgIpc) is 2.55. The van der Waals surface area contributed by atoms with Crippen molar-refractivity contribution in [1.82, 2.24) is 0 Å². The van der Waals surface area contributed by atoms with Crippen molar-refractivity contribution < 1.29 is 9.90 Å². The van der Waals surface area contributed by atoms with Crippen molar-refractivity contribution in [3.8, 4) is 0 Å². The number of fused-ring (bicyclic) bond motifs is 1. The number of hydrogen-bond acceptors (Lipinski definition) is 2. The summed E-state index contributed by atoms with van der Waals surface area (Å²) in [5, 5.41) is 8.83. The molecule has 0 fully saturated rings. The highest BCUT2D eigenvalue weighted by molar-refractivity contribution is 5.81. The van der Waals surface area contributed by atoms with E-state index in [-0.39, 0.29) is 0 Å². The van der Waals surface area contributed by atoms with Gasteiger partial charge in [0.25, 0.3) is 0 Å². The second-order valence-corrected chi connectivity index (χ2v) is 4.24. The summed E-state index contributed by atoms with van der Waals surface area (Å²) in [5.74, 6) is -0.940. The molecule has 2 rings (SSSR count). The number of hydrogen-bond donors (Lipinski definition) is 2. The molecule has 0 saturated carbocycles. The first-order valence-corrected chi connectivity index (χ1v) is 5.35. The third-order valence-corrected chi connectivity index (χ3v) is 3.05. The Kier molecular flexibility index (Phi) is 2.79. The summed E-state index contributed by atoms with van der Waals surface area (Å²) in [5.41, 5.74) is 10.4. The van der Waals surface area contributed by atoms with Gasteiger partial charge in [-0.1, -0.05) is 29.8 Å². The Morgan fingerprint density at radius 1 is 1.50 bits per heavy atom.